The van der Waals surface area contributed by atoms with E-state index in [0.29, 0.717) is 30.6 Å². The number of hydrogen-bond donors (Lipinski definition) is 3. The number of benzene rings is 1. The summed E-state index contributed by atoms with van der Waals surface area (Å²) < 4.78 is 32.6. The molecule has 5 atom stereocenters. The molecule has 13 heteroatoms. The van der Waals surface area contributed by atoms with Crippen molar-refractivity contribution in [1.82, 2.24) is 14.9 Å². The maximum Gasteiger partial charge on any atom is 0.411 e. The first-order chi connectivity index (χ1) is 20.4. The third kappa shape index (κ3) is 6.39. The molecule has 3 aliphatic carbocycles. The summed E-state index contributed by atoms with van der Waals surface area (Å²) in [6.07, 6.45) is 5.83. The highest BCUT2D eigenvalue weighted by atomic mass is 32.2. The summed E-state index contributed by atoms with van der Waals surface area (Å²) in [5.41, 5.74) is -0.722. The lowest BCUT2D eigenvalue weighted by Crippen LogP contribution is -2.55. The molecular weight excluding hydrogens is 574 g/mol. The van der Waals surface area contributed by atoms with Gasteiger partial charge in [0.2, 0.25) is 21.8 Å². The van der Waals surface area contributed by atoms with Gasteiger partial charge in [-0.3, -0.25) is 24.4 Å². The van der Waals surface area contributed by atoms with E-state index in [1.807, 2.05) is 18.2 Å². The Balaban J connectivity index is 1.35. The van der Waals surface area contributed by atoms with E-state index < -0.39 is 56.2 Å². The zero-order valence-corrected chi connectivity index (χ0v) is 25.1. The quantitative estimate of drug-likeness (QED) is 0.426. The van der Waals surface area contributed by atoms with Gasteiger partial charge in [-0.1, -0.05) is 18.2 Å². The lowest BCUT2D eigenvalue weighted by Gasteiger charge is -2.27. The van der Waals surface area contributed by atoms with Gasteiger partial charge in [0.15, 0.2) is 0 Å². The van der Waals surface area contributed by atoms with E-state index in [4.69, 9.17) is 10.00 Å². The minimum Gasteiger partial charge on any atom is -0.446 e. The monoisotopic (exact) mass is 611 g/mol. The SMILES string of the molecule is CN1CCCC/C=C/C2CC2(C(=O)NS(=O)(=O)C2(C)CC2)NC(=O)C2CC(OC(=O)Nc3cccc(C#N)c3)CC2C1=O. The number of ether oxygens (including phenoxy) is 1. The topological polar surface area (TPSA) is 175 Å². The van der Waals surface area contributed by atoms with Crippen LogP contribution in [0.15, 0.2) is 36.4 Å². The number of sulfonamides is 1. The maximum absolute atomic E-state index is 13.8. The van der Waals surface area contributed by atoms with E-state index in [1.54, 1.807) is 37.1 Å². The van der Waals surface area contributed by atoms with Gasteiger partial charge < -0.3 is 15.0 Å². The Labute approximate surface area is 251 Å². The smallest absolute Gasteiger partial charge is 0.411 e. The number of amides is 4. The molecule has 12 nitrogen and oxygen atoms in total. The fourth-order valence-corrected chi connectivity index (χ4v) is 7.27. The molecule has 1 aromatic rings. The molecule has 3 N–H and O–H groups in total. The van der Waals surface area contributed by atoms with E-state index in [-0.39, 0.29) is 31.1 Å². The van der Waals surface area contributed by atoms with Gasteiger partial charge in [0.1, 0.15) is 11.6 Å². The number of nitriles is 1. The summed E-state index contributed by atoms with van der Waals surface area (Å²) in [6, 6.07) is 8.31. The van der Waals surface area contributed by atoms with Crippen molar-refractivity contribution in [2.45, 2.75) is 74.7 Å². The van der Waals surface area contributed by atoms with Crippen molar-refractivity contribution in [3.05, 3.63) is 42.0 Å². The van der Waals surface area contributed by atoms with Crippen LogP contribution >= 0.6 is 0 Å². The van der Waals surface area contributed by atoms with Gasteiger partial charge in [-0.2, -0.15) is 5.26 Å². The Hall–Kier alpha value is -3.92. The molecule has 0 radical (unpaired) electrons. The van der Waals surface area contributed by atoms with Crippen LogP contribution in [0.5, 0.6) is 0 Å². The highest BCUT2D eigenvalue weighted by Gasteiger charge is 2.63. The Kier molecular flexibility index (Phi) is 8.26. The molecule has 5 rings (SSSR count). The molecule has 3 saturated carbocycles. The van der Waals surface area contributed by atoms with Crippen LogP contribution in [0.3, 0.4) is 0 Å². The van der Waals surface area contributed by atoms with Crippen LogP contribution in [0.4, 0.5) is 10.5 Å². The van der Waals surface area contributed by atoms with Gasteiger partial charge in [0.25, 0.3) is 5.91 Å². The fourth-order valence-electron chi connectivity index (χ4n) is 5.96. The van der Waals surface area contributed by atoms with E-state index in [9.17, 15) is 27.6 Å². The summed E-state index contributed by atoms with van der Waals surface area (Å²) in [5.74, 6) is -3.67. The van der Waals surface area contributed by atoms with Crippen LogP contribution in [0.1, 0.15) is 63.9 Å². The maximum atomic E-state index is 13.8. The Morgan fingerprint density at radius 1 is 1.16 bits per heavy atom. The second kappa shape index (κ2) is 11.6. The van der Waals surface area contributed by atoms with E-state index >= 15 is 0 Å². The predicted molar refractivity (Wildman–Crippen MR) is 156 cm³/mol. The summed E-state index contributed by atoms with van der Waals surface area (Å²) in [4.78, 5) is 55.1. The third-order valence-corrected chi connectivity index (χ3v) is 11.3. The summed E-state index contributed by atoms with van der Waals surface area (Å²) in [6.45, 7) is 2.09. The second-order valence-electron chi connectivity index (χ2n) is 12.4. The van der Waals surface area contributed by atoms with Gasteiger partial charge >= 0.3 is 6.09 Å². The molecule has 5 unspecified atom stereocenters. The molecule has 3 fully saturated rings. The number of nitrogens with one attached hydrogen (secondary N) is 3. The molecule has 4 amide bonds. The molecule has 230 valence electrons. The predicted octanol–water partition coefficient (Wildman–Crippen LogP) is 2.57. The van der Waals surface area contributed by atoms with Gasteiger partial charge in [0, 0.05) is 25.2 Å². The zero-order valence-electron chi connectivity index (χ0n) is 24.3. The van der Waals surface area contributed by atoms with Crippen molar-refractivity contribution in [3.8, 4) is 6.07 Å². The van der Waals surface area contributed by atoms with Gasteiger partial charge in [-0.05, 0) is 76.5 Å². The summed E-state index contributed by atoms with van der Waals surface area (Å²) in [7, 11) is -2.25. The molecule has 0 spiro atoms. The molecule has 1 aromatic carbocycles. The molecular formula is C30H37N5O7S. The second-order valence-corrected chi connectivity index (χ2v) is 14.6. The number of rotatable bonds is 5. The molecule has 0 bridgehead atoms. The molecule has 0 aromatic heterocycles. The van der Waals surface area contributed by atoms with Crippen molar-refractivity contribution in [3.63, 3.8) is 0 Å². The van der Waals surface area contributed by atoms with Crippen molar-refractivity contribution in [2.24, 2.45) is 17.8 Å². The summed E-state index contributed by atoms with van der Waals surface area (Å²) in [5, 5.41) is 14.5. The van der Waals surface area contributed by atoms with E-state index in [2.05, 4.69) is 15.4 Å². The van der Waals surface area contributed by atoms with E-state index in [0.717, 1.165) is 19.3 Å². The van der Waals surface area contributed by atoms with Crippen LogP contribution < -0.4 is 15.4 Å². The first-order valence-electron chi connectivity index (χ1n) is 14.7. The Morgan fingerprint density at radius 2 is 1.91 bits per heavy atom. The van der Waals surface area contributed by atoms with Crippen molar-refractivity contribution in [1.29, 1.82) is 5.26 Å². The van der Waals surface area contributed by atoms with Crippen LogP contribution in [0.25, 0.3) is 0 Å². The van der Waals surface area contributed by atoms with Gasteiger partial charge in [-0.15, -0.1) is 0 Å². The number of nitrogens with zero attached hydrogens (tertiary/aromatic N) is 2. The lowest BCUT2D eigenvalue weighted by molar-refractivity contribution is -0.140. The number of hydrogen-bond acceptors (Lipinski definition) is 8. The highest BCUT2D eigenvalue weighted by Crippen LogP contribution is 2.48. The molecule has 4 aliphatic rings. The first-order valence-corrected chi connectivity index (χ1v) is 16.1. The number of carbonyl (C=O) groups is 4. The van der Waals surface area contributed by atoms with Crippen molar-refractivity contribution in [2.75, 3.05) is 18.9 Å². The zero-order chi connectivity index (χ0) is 31.0. The van der Waals surface area contributed by atoms with Crippen LogP contribution in [-0.4, -0.2) is 67.1 Å². The van der Waals surface area contributed by atoms with Crippen LogP contribution in [-0.2, 0) is 29.1 Å². The normalized spacial score (nSPS) is 30.8. The largest absolute Gasteiger partial charge is 0.446 e. The molecule has 1 heterocycles. The lowest BCUT2D eigenvalue weighted by atomic mass is 9.93. The number of carbonyl (C=O) groups excluding carboxylic acids is 4. The van der Waals surface area contributed by atoms with Gasteiger partial charge in [-0.25, -0.2) is 13.2 Å². The third-order valence-electron chi connectivity index (χ3n) is 9.14. The average Bonchev–Trinajstić information content (AvgIpc) is 3.84. The Bertz CT molecular complexity index is 1500. The standard InChI is InChI=1S/C30H37N5O7S/c1-29(11-12-29)43(40,41)34-27(38)30-17-20(30)9-5-3-4-6-13-35(2)26(37)24-16-22(15-23(24)25(36)33-30)42-28(39)32-21-10-7-8-19(14-21)18-31/h5,7-10,14,20,22-24H,3-4,6,11-13,15-17H2,1-2H3,(H,32,39)(H,33,36)(H,34,38)/b9-5+. The minimum atomic E-state index is -3.93. The first kappa shape index (κ1) is 30.5. The van der Waals surface area contributed by atoms with E-state index in [1.165, 1.54) is 6.07 Å². The molecule has 0 saturated heterocycles. The van der Waals surface area contributed by atoms with Crippen molar-refractivity contribution < 1.29 is 32.3 Å². The number of allylic oxidation sites excluding steroid dienone is 1. The Morgan fingerprint density at radius 3 is 2.63 bits per heavy atom. The van der Waals surface area contributed by atoms with Gasteiger partial charge in [0.05, 0.1) is 28.2 Å². The number of fused-ring (bicyclic) bond motifs is 2. The van der Waals surface area contributed by atoms with Crippen LogP contribution in [0.2, 0.25) is 0 Å². The number of anilines is 1. The minimum absolute atomic E-state index is 0.0519. The molecule has 1 aliphatic heterocycles. The highest BCUT2D eigenvalue weighted by molar-refractivity contribution is 7.91. The summed E-state index contributed by atoms with van der Waals surface area (Å²) >= 11 is 0. The van der Waals surface area contributed by atoms with Crippen molar-refractivity contribution >= 4 is 39.5 Å². The van der Waals surface area contributed by atoms with Crippen LogP contribution in [0, 0.1) is 29.1 Å². The molecule has 43 heavy (non-hydrogen) atoms. The fraction of sp³-hybridized carbons (Fsp3) is 0.567. The average molecular weight is 612 g/mol.